The molecule has 1 aliphatic rings. The molecule has 0 saturated carbocycles. The minimum absolute atomic E-state index is 0.0237. The third kappa shape index (κ3) is 7.93. The van der Waals surface area contributed by atoms with E-state index in [2.05, 4.69) is 24.1 Å². The smallest absolute Gasteiger partial charge is 0.238 e. The summed E-state index contributed by atoms with van der Waals surface area (Å²) in [4.78, 5) is 43.2. The lowest BCUT2D eigenvalue weighted by molar-refractivity contribution is -0.134. The lowest BCUT2D eigenvalue weighted by atomic mass is 10.1. The highest BCUT2D eigenvalue weighted by Crippen LogP contribution is 2.19. The summed E-state index contributed by atoms with van der Waals surface area (Å²) < 4.78 is 0. The van der Waals surface area contributed by atoms with Crippen molar-refractivity contribution < 1.29 is 14.4 Å². The first-order valence-corrected chi connectivity index (χ1v) is 12.0. The largest absolute Gasteiger partial charge is 0.343 e. The molecule has 0 unspecified atom stereocenters. The maximum absolute atomic E-state index is 12.5. The van der Waals surface area contributed by atoms with Crippen molar-refractivity contribution in [1.82, 2.24) is 14.7 Å². The summed E-state index contributed by atoms with van der Waals surface area (Å²) in [5.74, 6) is 0.237. The van der Waals surface area contributed by atoms with Gasteiger partial charge in [0.2, 0.25) is 17.7 Å². The number of para-hydroxylation sites is 1. The van der Waals surface area contributed by atoms with Crippen LogP contribution in [0.25, 0.3) is 0 Å². The summed E-state index contributed by atoms with van der Waals surface area (Å²) in [5.41, 5.74) is 3.00. The van der Waals surface area contributed by atoms with Crippen LogP contribution >= 0.6 is 0 Å². The van der Waals surface area contributed by atoms with Gasteiger partial charge in [0, 0.05) is 57.8 Å². The van der Waals surface area contributed by atoms with E-state index in [9.17, 15) is 14.4 Å². The molecule has 3 amide bonds. The second-order valence-electron chi connectivity index (χ2n) is 8.71. The molecule has 1 aromatic rings. The number of piperazine rings is 1. The quantitative estimate of drug-likeness (QED) is 0.569. The van der Waals surface area contributed by atoms with Gasteiger partial charge in [0.1, 0.15) is 0 Å². The molecule has 2 rings (SSSR count). The maximum atomic E-state index is 12.5. The fourth-order valence-electron chi connectivity index (χ4n) is 4.16. The number of nitrogens with one attached hydrogen (secondary N) is 1. The van der Waals surface area contributed by atoms with Gasteiger partial charge < -0.3 is 15.1 Å². The van der Waals surface area contributed by atoms with Crippen LogP contribution in [-0.4, -0.2) is 78.2 Å². The van der Waals surface area contributed by atoms with Gasteiger partial charge in [0.25, 0.3) is 0 Å². The van der Waals surface area contributed by atoms with E-state index in [-0.39, 0.29) is 17.7 Å². The van der Waals surface area contributed by atoms with Crippen LogP contribution in [0.15, 0.2) is 18.2 Å². The minimum atomic E-state index is -0.0237. The van der Waals surface area contributed by atoms with E-state index >= 15 is 0 Å². The SMILES string of the molecule is CCCN(CCC)C(=O)CCCC(=O)N1CCN(CC(=O)Nc2c(C)cccc2C)CC1. The molecular weight excluding hydrogens is 404 g/mol. The van der Waals surface area contributed by atoms with Crippen LogP contribution in [0.3, 0.4) is 0 Å². The molecule has 178 valence electrons. The molecule has 1 aromatic carbocycles. The first-order chi connectivity index (χ1) is 15.3. The fraction of sp³-hybridized carbons (Fsp3) is 0.640. The number of carbonyl (C=O) groups is 3. The predicted octanol–water partition coefficient (Wildman–Crippen LogP) is 3.21. The summed E-state index contributed by atoms with van der Waals surface area (Å²) in [5, 5.41) is 3.03. The molecule has 0 spiro atoms. The van der Waals surface area contributed by atoms with Crippen molar-refractivity contribution >= 4 is 23.4 Å². The number of rotatable bonds is 11. The van der Waals surface area contributed by atoms with Crippen molar-refractivity contribution in [2.75, 3.05) is 51.1 Å². The first kappa shape index (κ1) is 25.8. The van der Waals surface area contributed by atoms with Crippen LogP contribution in [-0.2, 0) is 14.4 Å². The Kier molecular flexibility index (Phi) is 10.7. The molecule has 7 heteroatoms. The lowest BCUT2D eigenvalue weighted by Gasteiger charge is -2.34. The Labute approximate surface area is 193 Å². The zero-order valence-electron chi connectivity index (χ0n) is 20.3. The monoisotopic (exact) mass is 444 g/mol. The fourth-order valence-corrected chi connectivity index (χ4v) is 4.16. The van der Waals surface area contributed by atoms with E-state index in [1.54, 1.807) is 0 Å². The van der Waals surface area contributed by atoms with Gasteiger partial charge in [0.05, 0.1) is 6.54 Å². The first-order valence-electron chi connectivity index (χ1n) is 12.0. The molecule has 0 atom stereocenters. The number of hydrogen-bond donors (Lipinski definition) is 1. The standard InChI is InChI=1S/C25H40N4O3/c1-5-13-28(14-6-2)23(31)11-8-12-24(32)29-17-15-27(16-18-29)19-22(30)26-25-20(3)9-7-10-21(25)4/h7,9-10H,5-6,8,11-19H2,1-4H3,(H,26,30). The molecular formula is C25H40N4O3. The van der Waals surface area contributed by atoms with E-state index in [1.807, 2.05) is 41.8 Å². The van der Waals surface area contributed by atoms with Crippen molar-refractivity contribution in [2.45, 2.75) is 59.8 Å². The molecule has 1 heterocycles. The van der Waals surface area contributed by atoms with Crippen molar-refractivity contribution in [3.05, 3.63) is 29.3 Å². The number of carbonyl (C=O) groups excluding carboxylic acids is 3. The van der Waals surface area contributed by atoms with Crippen molar-refractivity contribution in [3.63, 3.8) is 0 Å². The Balaban J connectivity index is 1.70. The highest BCUT2D eigenvalue weighted by atomic mass is 16.2. The average Bonchev–Trinajstić information content (AvgIpc) is 2.76. The maximum Gasteiger partial charge on any atom is 0.238 e. The molecule has 0 bridgehead atoms. The molecule has 0 aliphatic carbocycles. The molecule has 1 aliphatic heterocycles. The van der Waals surface area contributed by atoms with E-state index < -0.39 is 0 Å². The van der Waals surface area contributed by atoms with Gasteiger partial charge in [0.15, 0.2) is 0 Å². The number of aryl methyl sites for hydroxylation is 2. The summed E-state index contributed by atoms with van der Waals surface area (Å²) in [6.45, 7) is 12.7. The number of amides is 3. The Morgan fingerprint density at radius 2 is 1.53 bits per heavy atom. The van der Waals surface area contributed by atoms with E-state index in [4.69, 9.17) is 0 Å². The van der Waals surface area contributed by atoms with Gasteiger partial charge in [-0.2, -0.15) is 0 Å². The van der Waals surface area contributed by atoms with Gasteiger partial charge in [-0.3, -0.25) is 19.3 Å². The number of hydrogen-bond acceptors (Lipinski definition) is 4. The second-order valence-corrected chi connectivity index (χ2v) is 8.71. The van der Waals surface area contributed by atoms with Crippen LogP contribution < -0.4 is 5.32 Å². The molecule has 1 fully saturated rings. The Hall–Kier alpha value is -2.41. The zero-order chi connectivity index (χ0) is 23.5. The molecule has 1 saturated heterocycles. The highest BCUT2D eigenvalue weighted by molar-refractivity contribution is 5.93. The molecule has 7 nitrogen and oxygen atoms in total. The third-order valence-corrected chi connectivity index (χ3v) is 5.96. The van der Waals surface area contributed by atoms with Crippen LogP contribution in [0.1, 0.15) is 57.1 Å². The zero-order valence-corrected chi connectivity index (χ0v) is 20.3. The summed E-state index contributed by atoms with van der Waals surface area (Å²) in [6, 6.07) is 5.97. The van der Waals surface area contributed by atoms with E-state index in [1.165, 1.54) is 0 Å². The number of anilines is 1. The normalized spacial score (nSPS) is 14.3. The Bertz CT molecular complexity index is 746. The number of nitrogens with zero attached hydrogens (tertiary/aromatic N) is 3. The highest BCUT2D eigenvalue weighted by Gasteiger charge is 2.23. The second kappa shape index (κ2) is 13.2. The van der Waals surface area contributed by atoms with Crippen LogP contribution in [0.4, 0.5) is 5.69 Å². The third-order valence-electron chi connectivity index (χ3n) is 5.96. The van der Waals surface area contributed by atoms with E-state index in [0.717, 1.165) is 42.7 Å². The number of benzene rings is 1. The van der Waals surface area contributed by atoms with Gasteiger partial charge >= 0.3 is 0 Å². The van der Waals surface area contributed by atoms with Gasteiger partial charge in [-0.25, -0.2) is 0 Å². The predicted molar refractivity (Wildman–Crippen MR) is 129 cm³/mol. The molecule has 32 heavy (non-hydrogen) atoms. The lowest BCUT2D eigenvalue weighted by Crippen LogP contribution is -2.50. The Morgan fingerprint density at radius 1 is 0.938 bits per heavy atom. The van der Waals surface area contributed by atoms with Gasteiger partial charge in [-0.05, 0) is 44.2 Å². The average molecular weight is 445 g/mol. The van der Waals surface area contributed by atoms with Crippen molar-refractivity contribution in [3.8, 4) is 0 Å². The Morgan fingerprint density at radius 3 is 2.09 bits per heavy atom. The topological polar surface area (TPSA) is 73.0 Å². The summed E-state index contributed by atoms with van der Waals surface area (Å²) >= 11 is 0. The molecule has 0 radical (unpaired) electrons. The van der Waals surface area contributed by atoms with E-state index in [0.29, 0.717) is 52.0 Å². The molecule has 1 N–H and O–H groups in total. The summed E-state index contributed by atoms with van der Waals surface area (Å²) in [7, 11) is 0. The van der Waals surface area contributed by atoms with Gasteiger partial charge in [-0.15, -0.1) is 0 Å². The van der Waals surface area contributed by atoms with Crippen LogP contribution in [0.2, 0.25) is 0 Å². The van der Waals surface area contributed by atoms with Crippen molar-refractivity contribution in [2.24, 2.45) is 0 Å². The minimum Gasteiger partial charge on any atom is -0.343 e. The van der Waals surface area contributed by atoms with Crippen molar-refractivity contribution in [1.29, 1.82) is 0 Å². The van der Waals surface area contributed by atoms with Crippen LogP contribution in [0, 0.1) is 13.8 Å². The van der Waals surface area contributed by atoms with Gasteiger partial charge in [-0.1, -0.05) is 32.0 Å². The van der Waals surface area contributed by atoms with Crippen LogP contribution in [0.5, 0.6) is 0 Å². The molecule has 0 aromatic heterocycles. The summed E-state index contributed by atoms with van der Waals surface area (Å²) in [6.07, 6.45) is 3.35.